The maximum Gasteiger partial charge on any atom is 0.205 e. The lowest BCUT2D eigenvalue weighted by molar-refractivity contribution is 0.577. The van der Waals surface area contributed by atoms with E-state index in [1.54, 1.807) is 12.3 Å². The SMILES string of the molecule is N=C1c2ccoc2NCN1c1ccc(N(C(N)=S)c2ccccc2)cc1. The summed E-state index contributed by atoms with van der Waals surface area (Å²) >= 11 is 5.23. The number of nitrogens with two attached hydrogens (primary N) is 1. The summed E-state index contributed by atoms with van der Waals surface area (Å²) < 4.78 is 5.32. The zero-order chi connectivity index (χ0) is 18.1. The van der Waals surface area contributed by atoms with Gasteiger partial charge in [-0.25, -0.2) is 0 Å². The second-order valence-corrected chi connectivity index (χ2v) is 6.22. The molecular formula is C19H17N5OS. The molecule has 4 rings (SSSR count). The summed E-state index contributed by atoms with van der Waals surface area (Å²) in [6.07, 6.45) is 1.58. The van der Waals surface area contributed by atoms with Crippen LogP contribution in [0.15, 0.2) is 71.3 Å². The Bertz CT molecular complexity index is 952. The van der Waals surface area contributed by atoms with Gasteiger partial charge in [0.15, 0.2) is 5.11 Å². The van der Waals surface area contributed by atoms with Gasteiger partial charge in [-0.05, 0) is 54.7 Å². The van der Waals surface area contributed by atoms with E-state index in [4.69, 9.17) is 27.8 Å². The normalized spacial score (nSPS) is 13.1. The van der Waals surface area contributed by atoms with E-state index >= 15 is 0 Å². The summed E-state index contributed by atoms with van der Waals surface area (Å²) in [7, 11) is 0. The van der Waals surface area contributed by atoms with Crippen LogP contribution in [0.1, 0.15) is 5.56 Å². The molecule has 0 spiro atoms. The highest BCUT2D eigenvalue weighted by Crippen LogP contribution is 2.30. The monoisotopic (exact) mass is 363 g/mol. The quantitative estimate of drug-likeness (QED) is 0.613. The van der Waals surface area contributed by atoms with Crippen LogP contribution in [0.5, 0.6) is 0 Å². The van der Waals surface area contributed by atoms with Crippen molar-refractivity contribution in [3.8, 4) is 0 Å². The van der Waals surface area contributed by atoms with Crippen LogP contribution in [-0.2, 0) is 0 Å². The Morgan fingerprint density at radius 1 is 1.08 bits per heavy atom. The number of hydrogen-bond acceptors (Lipinski definition) is 4. The molecule has 1 aliphatic heterocycles. The molecule has 0 atom stereocenters. The third-order valence-corrected chi connectivity index (χ3v) is 4.42. The van der Waals surface area contributed by atoms with Crippen molar-refractivity contribution in [3.63, 3.8) is 0 Å². The number of fused-ring (bicyclic) bond motifs is 1. The van der Waals surface area contributed by atoms with Gasteiger partial charge < -0.3 is 20.4 Å². The van der Waals surface area contributed by atoms with Crippen molar-refractivity contribution in [2.24, 2.45) is 5.73 Å². The maximum absolute atomic E-state index is 8.40. The number of hydrogen-bond donors (Lipinski definition) is 3. The Morgan fingerprint density at radius 2 is 1.77 bits per heavy atom. The second kappa shape index (κ2) is 6.53. The van der Waals surface area contributed by atoms with Crippen LogP contribution < -0.4 is 20.9 Å². The average Bonchev–Trinajstić information content (AvgIpc) is 3.13. The van der Waals surface area contributed by atoms with E-state index in [9.17, 15) is 0 Å². The third kappa shape index (κ3) is 2.78. The molecule has 26 heavy (non-hydrogen) atoms. The van der Waals surface area contributed by atoms with Crippen molar-refractivity contribution < 1.29 is 4.42 Å². The molecule has 1 aliphatic rings. The Balaban J connectivity index is 1.63. The summed E-state index contributed by atoms with van der Waals surface area (Å²) in [5, 5.41) is 11.8. The largest absolute Gasteiger partial charge is 0.448 e. The van der Waals surface area contributed by atoms with Gasteiger partial charge in [-0.3, -0.25) is 10.3 Å². The molecule has 0 amide bonds. The Labute approximate surface area is 156 Å². The van der Waals surface area contributed by atoms with E-state index in [1.807, 2.05) is 64.4 Å². The van der Waals surface area contributed by atoms with Crippen molar-refractivity contribution in [2.75, 3.05) is 21.8 Å². The van der Waals surface area contributed by atoms with Gasteiger partial charge in [0.05, 0.1) is 18.5 Å². The van der Waals surface area contributed by atoms with Gasteiger partial charge in [0.2, 0.25) is 5.88 Å². The standard InChI is InChI=1S/C19H17N5OS/c20-17-16-10-11-25-18(16)22-12-23(17)13-6-8-15(9-7-13)24(19(21)26)14-4-2-1-3-5-14/h1-11,20,22H,12H2,(H2,21,26). The summed E-state index contributed by atoms with van der Waals surface area (Å²) in [5.41, 5.74) is 9.35. The van der Waals surface area contributed by atoms with E-state index in [0.717, 1.165) is 22.6 Å². The number of furan rings is 1. The van der Waals surface area contributed by atoms with Gasteiger partial charge in [0.25, 0.3) is 0 Å². The molecule has 0 bridgehead atoms. The molecule has 0 saturated carbocycles. The molecule has 0 saturated heterocycles. The highest BCUT2D eigenvalue weighted by atomic mass is 32.1. The number of amidine groups is 1. The van der Waals surface area contributed by atoms with Gasteiger partial charge in [-0.15, -0.1) is 0 Å². The van der Waals surface area contributed by atoms with Crippen LogP contribution in [0.3, 0.4) is 0 Å². The highest BCUT2D eigenvalue weighted by Gasteiger charge is 2.24. The van der Waals surface area contributed by atoms with Crippen molar-refractivity contribution >= 4 is 46.1 Å². The second-order valence-electron chi connectivity index (χ2n) is 5.80. The van der Waals surface area contributed by atoms with Crippen LogP contribution in [0.4, 0.5) is 22.9 Å². The Kier molecular flexibility index (Phi) is 4.06. The predicted molar refractivity (Wildman–Crippen MR) is 108 cm³/mol. The fourth-order valence-electron chi connectivity index (χ4n) is 2.99. The zero-order valence-electron chi connectivity index (χ0n) is 13.8. The zero-order valence-corrected chi connectivity index (χ0v) is 14.7. The fraction of sp³-hybridized carbons (Fsp3) is 0.0526. The lowest BCUT2D eigenvalue weighted by Crippen LogP contribution is -2.39. The molecule has 0 fully saturated rings. The molecule has 3 aromatic rings. The van der Waals surface area contributed by atoms with Gasteiger partial charge in [-0.2, -0.15) is 0 Å². The molecular weight excluding hydrogens is 346 g/mol. The summed E-state index contributed by atoms with van der Waals surface area (Å²) in [6.45, 7) is 0.469. The number of nitrogens with zero attached hydrogens (tertiary/aromatic N) is 2. The first-order chi connectivity index (χ1) is 12.6. The first kappa shape index (κ1) is 16.2. The van der Waals surface area contributed by atoms with E-state index in [1.165, 1.54) is 0 Å². The molecule has 4 N–H and O–H groups in total. The average molecular weight is 363 g/mol. The minimum Gasteiger partial charge on any atom is -0.448 e. The van der Waals surface area contributed by atoms with Gasteiger partial charge in [0.1, 0.15) is 5.84 Å². The van der Waals surface area contributed by atoms with Crippen LogP contribution in [0.25, 0.3) is 0 Å². The van der Waals surface area contributed by atoms with Gasteiger partial charge >= 0.3 is 0 Å². The van der Waals surface area contributed by atoms with E-state index < -0.39 is 0 Å². The summed E-state index contributed by atoms with van der Waals surface area (Å²) in [6, 6.07) is 19.3. The number of benzene rings is 2. The van der Waals surface area contributed by atoms with Crippen molar-refractivity contribution in [1.29, 1.82) is 5.41 Å². The molecule has 6 nitrogen and oxygen atoms in total. The molecule has 130 valence electrons. The lowest BCUT2D eigenvalue weighted by Gasteiger charge is -2.30. The number of thiocarbonyl (C=S) groups is 1. The van der Waals surface area contributed by atoms with Gasteiger partial charge in [0, 0.05) is 17.1 Å². The van der Waals surface area contributed by atoms with E-state index in [2.05, 4.69) is 5.32 Å². The molecule has 7 heteroatoms. The van der Waals surface area contributed by atoms with E-state index in [-0.39, 0.29) is 5.11 Å². The smallest absolute Gasteiger partial charge is 0.205 e. The number of anilines is 4. The molecule has 0 unspecified atom stereocenters. The topological polar surface area (TPSA) is 81.5 Å². The van der Waals surface area contributed by atoms with Crippen molar-refractivity contribution in [2.45, 2.75) is 0 Å². The maximum atomic E-state index is 8.40. The predicted octanol–water partition coefficient (Wildman–Crippen LogP) is 3.88. The molecule has 2 heterocycles. The van der Waals surface area contributed by atoms with Crippen molar-refractivity contribution in [3.05, 3.63) is 72.5 Å². The first-order valence-electron chi connectivity index (χ1n) is 8.07. The minimum atomic E-state index is 0.277. The number of para-hydroxylation sites is 1. The Hall–Kier alpha value is -3.32. The van der Waals surface area contributed by atoms with Crippen LogP contribution >= 0.6 is 12.2 Å². The summed E-state index contributed by atoms with van der Waals surface area (Å²) in [5.74, 6) is 1.03. The van der Waals surface area contributed by atoms with Crippen molar-refractivity contribution in [1.82, 2.24) is 0 Å². The summed E-state index contributed by atoms with van der Waals surface area (Å²) in [4.78, 5) is 3.68. The minimum absolute atomic E-state index is 0.277. The number of nitrogens with one attached hydrogen (secondary N) is 2. The molecule has 2 aromatic carbocycles. The number of rotatable bonds is 3. The first-order valence-corrected chi connectivity index (χ1v) is 8.48. The van der Waals surface area contributed by atoms with E-state index in [0.29, 0.717) is 18.4 Å². The third-order valence-electron chi connectivity index (χ3n) is 4.24. The highest BCUT2D eigenvalue weighted by molar-refractivity contribution is 7.80. The fourth-order valence-corrected chi connectivity index (χ4v) is 3.20. The van der Waals surface area contributed by atoms with Crippen LogP contribution in [-0.4, -0.2) is 17.6 Å². The van der Waals surface area contributed by atoms with Crippen LogP contribution in [0.2, 0.25) is 0 Å². The molecule has 0 aliphatic carbocycles. The van der Waals surface area contributed by atoms with Crippen LogP contribution in [0, 0.1) is 5.41 Å². The lowest BCUT2D eigenvalue weighted by atomic mass is 10.2. The Morgan fingerprint density at radius 3 is 2.46 bits per heavy atom. The van der Waals surface area contributed by atoms with Gasteiger partial charge in [-0.1, -0.05) is 18.2 Å². The molecule has 1 aromatic heterocycles. The molecule has 0 radical (unpaired) electrons.